The van der Waals surface area contributed by atoms with Crippen molar-refractivity contribution in [3.63, 3.8) is 0 Å². The Labute approximate surface area is 213 Å². The van der Waals surface area contributed by atoms with Crippen LogP contribution in [0.2, 0.25) is 0 Å². The Kier molecular flexibility index (Phi) is 6.50. The number of hydrogen-bond acceptors (Lipinski definition) is 4. The number of primary amides is 1. The lowest BCUT2D eigenvalue weighted by atomic mass is 9.89. The van der Waals surface area contributed by atoms with Crippen LogP contribution >= 0.6 is 0 Å². The Balaban J connectivity index is 1.40. The second kappa shape index (κ2) is 9.76. The predicted molar refractivity (Wildman–Crippen MR) is 135 cm³/mol. The second-order valence-corrected chi connectivity index (χ2v) is 9.49. The van der Waals surface area contributed by atoms with Crippen LogP contribution < -0.4 is 11.1 Å². The minimum absolute atomic E-state index is 0.136. The molecule has 1 aliphatic heterocycles. The molecule has 190 valence electrons. The van der Waals surface area contributed by atoms with E-state index in [1.54, 1.807) is 13.0 Å². The molecule has 3 N–H and O–H groups in total. The first-order valence-electron chi connectivity index (χ1n) is 12.2. The third kappa shape index (κ3) is 4.48. The van der Waals surface area contributed by atoms with E-state index in [0.717, 1.165) is 11.1 Å². The van der Waals surface area contributed by atoms with E-state index >= 15 is 0 Å². The number of allylic oxidation sites excluding steroid dienone is 5. The number of benzene rings is 2. The number of halogens is 2. The maximum atomic E-state index is 14.1. The summed E-state index contributed by atoms with van der Waals surface area (Å²) in [4.78, 5) is 30.8. The van der Waals surface area contributed by atoms with Gasteiger partial charge in [0.05, 0.1) is 11.3 Å². The van der Waals surface area contributed by atoms with Gasteiger partial charge in [-0.2, -0.15) is 0 Å². The molecule has 0 radical (unpaired) electrons. The van der Waals surface area contributed by atoms with Crippen molar-refractivity contribution in [3.05, 3.63) is 106 Å². The highest BCUT2D eigenvalue weighted by molar-refractivity contribution is 6.05. The van der Waals surface area contributed by atoms with Crippen molar-refractivity contribution in [2.45, 2.75) is 44.8 Å². The molecule has 0 saturated carbocycles. The number of ether oxygens (including phenoxy) is 1. The number of aliphatic imine (C=N–C) groups is 1. The van der Waals surface area contributed by atoms with Crippen LogP contribution in [0.1, 0.15) is 42.9 Å². The van der Waals surface area contributed by atoms with Gasteiger partial charge in [-0.3, -0.25) is 14.6 Å². The standard InChI is InChI=1S/C29H27F2N3O3/c1-17-20(27(35)34-29(28(32)36)15-14-18-6-2-3-8-22(18)29)13-12-19-7-4-11-25(26(19)33-17)37-16-21-23(30)9-5-10-24(21)31/h2-11,19H,12-16H2,1H3,(H2,32,36)(H,34,35)/t19?,29-/m0/s1. The number of nitrogens with zero attached hydrogens (tertiary/aromatic N) is 1. The summed E-state index contributed by atoms with van der Waals surface area (Å²) in [6.07, 6.45) is 7.50. The highest BCUT2D eigenvalue weighted by Gasteiger charge is 2.45. The number of nitrogens with one attached hydrogen (secondary N) is 1. The lowest BCUT2D eigenvalue weighted by Gasteiger charge is -2.29. The van der Waals surface area contributed by atoms with E-state index in [4.69, 9.17) is 15.5 Å². The zero-order chi connectivity index (χ0) is 26.2. The van der Waals surface area contributed by atoms with E-state index in [9.17, 15) is 18.4 Å². The molecule has 3 aliphatic rings. The molecule has 1 heterocycles. The van der Waals surface area contributed by atoms with Gasteiger partial charge in [-0.15, -0.1) is 0 Å². The third-order valence-electron chi connectivity index (χ3n) is 7.33. The summed E-state index contributed by atoms with van der Waals surface area (Å²) >= 11 is 0. The van der Waals surface area contributed by atoms with Gasteiger partial charge < -0.3 is 15.8 Å². The van der Waals surface area contributed by atoms with Crippen LogP contribution in [0.25, 0.3) is 0 Å². The fourth-order valence-corrected chi connectivity index (χ4v) is 5.28. The minimum Gasteiger partial charge on any atom is -0.487 e. The van der Waals surface area contributed by atoms with Crippen LogP contribution in [-0.2, 0) is 32.9 Å². The predicted octanol–water partition coefficient (Wildman–Crippen LogP) is 4.50. The van der Waals surface area contributed by atoms with E-state index in [0.29, 0.717) is 48.4 Å². The molecule has 2 aromatic rings. The van der Waals surface area contributed by atoms with E-state index in [1.807, 2.05) is 36.4 Å². The molecule has 0 spiro atoms. The van der Waals surface area contributed by atoms with Gasteiger partial charge in [0, 0.05) is 17.2 Å². The number of amides is 2. The highest BCUT2D eigenvalue weighted by atomic mass is 19.1. The average Bonchev–Trinajstić information content (AvgIpc) is 3.15. The number of fused-ring (bicyclic) bond motifs is 2. The Bertz CT molecular complexity index is 1390. The molecule has 0 bridgehead atoms. The number of rotatable bonds is 6. The maximum absolute atomic E-state index is 14.1. The zero-order valence-corrected chi connectivity index (χ0v) is 20.4. The van der Waals surface area contributed by atoms with E-state index < -0.39 is 23.1 Å². The Morgan fingerprint density at radius 3 is 2.65 bits per heavy atom. The topological polar surface area (TPSA) is 93.8 Å². The van der Waals surface area contributed by atoms with Gasteiger partial charge in [0.2, 0.25) is 11.8 Å². The molecule has 0 fully saturated rings. The number of aryl methyl sites for hydroxylation is 1. The monoisotopic (exact) mass is 503 g/mol. The number of carbonyl (C=O) groups excluding carboxylic acids is 2. The van der Waals surface area contributed by atoms with Gasteiger partial charge in [0.15, 0.2) is 0 Å². The van der Waals surface area contributed by atoms with E-state index in [2.05, 4.69) is 5.32 Å². The molecule has 2 amide bonds. The van der Waals surface area contributed by atoms with Crippen LogP contribution in [0, 0.1) is 17.6 Å². The van der Waals surface area contributed by atoms with Gasteiger partial charge in [0.1, 0.15) is 29.5 Å². The molecule has 0 saturated heterocycles. The molecular formula is C29H27F2N3O3. The minimum atomic E-state index is -1.27. The quantitative estimate of drug-likeness (QED) is 0.608. The molecule has 37 heavy (non-hydrogen) atoms. The van der Waals surface area contributed by atoms with E-state index in [1.165, 1.54) is 18.2 Å². The van der Waals surface area contributed by atoms with Crippen molar-refractivity contribution in [2.24, 2.45) is 16.6 Å². The maximum Gasteiger partial charge on any atom is 0.250 e. The fourth-order valence-electron chi connectivity index (χ4n) is 5.28. The summed E-state index contributed by atoms with van der Waals surface area (Å²) < 4.78 is 34.0. The number of hydrogen-bond donors (Lipinski definition) is 2. The molecule has 1 unspecified atom stereocenters. The first kappa shape index (κ1) is 24.6. The summed E-state index contributed by atoms with van der Waals surface area (Å²) in [5.41, 5.74) is 7.64. The molecule has 2 aromatic carbocycles. The lowest BCUT2D eigenvalue weighted by molar-refractivity contribution is -0.130. The average molecular weight is 504 g/mol. The van der Waals surface area contributed by atoms with Crippen LogP contribution in [0.3, 0.4) is 0 Å². The van der Waals surface area contributed by atoms with Crippen molar-refractivity contribution in [1.29, 1.82) is 0 Å². The fraction of sp³-hybridized carbons (Fsp3) is 0.276. The molecule has 5 rings (SSSR count). The summed E-state index contributed by atoms with van der Waals surface area (Å²) in [6.45, 7) is 1.44. The Morgan fingerprint density at radius 1 is 1.14 bits per heavy atom. The molecular weight excluding hydrogens is 476 g/mol. The van der Waals surface area contributed by atoms with Crippen LogP contribution in [0.5, 0.6) is 0 Å². The van der Waals surface area contributed by atoms with Crippen LogP contribution in [-0.4, -0.2) is 17.5 Å². The second-order valence-electron chi connectivity index (χ2n) is 9.49. The number of nitrogens with two attached hydrogens (primary N) is 1. The molecule has 2 aliphatic carbocycles. The van der Waals surface area contributed by atoms with E-state index in [-0.39, 0.29) is 24.0 Å². The van der Waals surface area contributed by atoms with Crippen LogP contribution in [0.4, 0.5) is 8.78 Å². The summed E-state index contributed by atoms with van der Waals surface area (Å²) in [5.74, 6) is -2.09. The SMILES string of the molecule is CC1=C(C(=O)N[C@@]2(C(N)=O)CCc3ccccc32)CCC2C=CC=C(OCc3c(F)cccc3F)C2=N1. The van der Waals surface area contributed by atoms with Gasteiger partial charge >= 0.3 is 0 Å². The van der Waals surface area contributed by atoms with Gasteiger partial charge in [-0.05, 0) is 61.9 Å². The first-order chi connectivity index (χ1) is 17.8. The molecule has 2 atom stereocenters. The van der Waals surface area contributed by atoms with Crippen molar-refractivity contribution in [2.75, 3.05) is 0 Å². The summed E-state index contributed by atoms with van der Waals surface area (Å²) in [6, 6.07) is 11.2. The lowest BCUT2D eigenvalue weighted by Crippen LogP contribution is -2.54. The summed E-state index contributed by atoms with van der Waals surface area (Å²) in [7, 11) is 0. The van der Waals surface area contributed by atoms with Crippen molar-refractivity contribution in [3.8, 4) is 0 Å². The first-order valence-corrected chi connectivity index (χ1v) is 12.2. The highest BCUT2D eigenvalue weighted by Crippen LogP contribution is 2.38. The van der Waals surface area contributed by atoms with Crippen LogP contribution in [0.15, 0.2) is 82.7 Å². The van der Waals surface area contributed by atoms with Crippen molar-refractivity contribution < 1.29 is 23.1 Å². The molecule has 8 heteroatoms. The smallest absolute Gasteiger partial charge is 0.250 e. The van der Waals surface area contributed by atoms with Crippen molar-refractivity contribution in [1.82, 2.24) is 5.32 Å². The molecule has 6 nitrogen and oxygen atoms in total. The van der Waals surface area contributed by atoms with Crippen molar-refractivity contribution >= 4 is 17.5 Å². The Morgan fingerprint density at radius 2 is 1.89 bits per heavy atom. The number of carbonyl (C=O) groups is 2. The zero-order valence-electron chi connectivity index (χ0n) is 20.4. The van der Waals surface area contributed by atoms with Gasteiger partial charge in [0.25, 0.3) is 0 Å². The third-order valence-corrected chi connectivity index (χ3v) is 7.33. The van der Waals surface area contributed by atoms with Gasteiger partial charge in [-0.25, -0.2) is 8.78 Å². The normalized spacial score (nSPS) is 22.4. The largest absolute Gasteiger partial charge is 0.487 e. The Hall–Kier alpha value is -4.07. The molecule has 0 aromatic heterocycles. The van der Waals surface area contributed by atoms with Gasteiger partial charge in [-0.1, -0.05) is 42.5 Å². The summed E-state index contributed by atoms with van der Waals surface area (Å²) in [5, 5.41) is 2.94.